The first-order valence-electron chi connectivity index (χ1n) is 6.74. The molecule has 0 atom stereocenters. The van der Waals surface area contributed by atoms with E-state index in [0.29, 0.717) is 0 Å². The van der Waals surface area contributed by atoms with Crippen molar-refractivity contribution in [2.24, 2.45) is 12.0 Å². The number of allylic oxidation sites excluding steroid dienone is 1. The summed E-state index contributed by atoms with van der Waals surface area (Å²) in [6, 6.07) is 8.24. The summed E-state index contributed by atoms with van der Waals surface area (Å²) in [5.74, 6) is 0. The van der Waals surface area contributed by atoms with E-state index in [4.69, 9.17) is 0 Å². The fourth-order valence-electron chi connectivity index (χ4n) is 3.06. The van der Waals surface area contributed by atoms with Gasteiger partial charge in [-0.1, -0.05) is 13.2 Å². The lowest BCUT2D eigenvalue weighted by Crippen LogP contribution is -1.98. The SMILES string of the molecule is C=CN=C1C(=C)Nc2c1ccc1c2c2cccnc2n1C. The molecule has 0 bridgehead atoms. The van der Waals surface area contributed by atoms with Crippen LogP contribution in [0.25, 0.3) is 21.9 Å². The van der Waals surface area contributed by atoms with Gasteiger partial charge in [-0.05, 0) is 24.3 Å². The third kappa shape index (κ3) is 1.44. The van der Waals surface area contributed by atoms with Crippen molar-refractivity contribution < 1.29 is 0 Å². The van der Waals surface area contributed by atoms with Crippen LogP contribution in [-0.4, -0.2) is 15.3 Å². The third-order valence-electron chi connectivity index (χ3n) is 3.96. The van der Waals surface area contributed by atoms with Crippen molar-refractivity contribution in [3.8, 4) is 0 Å². The first-order chi connectivity index (χ1) is 10.2. The van der Waals surface area contributed by atoms with Crippen LogP contribution in [0.1, 0.15) is 5.56 Å². The van der Waals surface area contributed by atoms with Crippen LogP contribution < -0.4 is 5.32 Å². The number of nitrogens with one attached hydrogen (secondary N) is 1. The molecule has 1 N–H and O–H groups in total. The lowest BCUT2D eigenvalue weighted by atomic mass is 10.1. The Morgan fingerprint density at radius 3 is 3.00 bits per heavy atom. The van der Waals surface area contributed by atoms with Gasteiger partial charge in [0, 0.05) is 35.8 Å². The van der Waals surface area contributed by atoms with Gasteiger partial charge in [0.05, 0.1) is 22.6 Å². The van der Waals surface area contributed by atoms with E-state index in [-0.39, 0.29) is 0 Å². The minimum Gasteiger partial charge on any atom is -0.353 e. The number of pyridine rings is 1. The maximum Gasteiger partial charge on any atom is 0.140 e. The average molecular weight is 274 g/mol. The van der Waals surface area contributed by atoms with Crippen molar-refractivity contribution in [2.75, 3.05) is 5.32 Å². The molecule has 21 heavy (non-hydrogen) atoms. The number of rotatable bonds is 1. The van der Waals surface area contributed by atoms with Gasteiger partial charge >= 0.3 is 0 Å². The van der Waals surface area contributed by atoms with Gasteiger partial charge in [0.15, 0.2) is 0 Å². The summed E-state index contributed by atoms with van der Waals surface area (Å²) in [5.41, 5.74) is 5.88. The predicted molar refractivity (Wildman–Crippen MR) is 87.7 cm³/mol. The molecule has 0 amide bonds. The number of anilines is 1. The molecule has 2 aromatic heterocycles. The van der Waals surface area contributed by atoms with Gasteiger partial charge < -0.3 is 9.88 Å². The number of hydrogen-bond acceptors (Lipinski definition) is 3. The molecule has 3 heterocycles. The highest BCUT2D eigenvalue weighted by Crippen LogP contribution is 2.39. The standard InChI is InChI=1S/C17H14N4/c1-4-18-15-10(2)20-16-12(15)7-8-13-14(16)11-6-5-9-19-17(11)21(13)3/h4-9,20H,1-2H2,3H3. The number of aliphatic imine (C=N–C) groups is 1. The number of hydrogen-bond donors (Lipinski definition) is 1. The van der Waals surface area contributed by atoms with Gasteiger partial charge in [-0.2, -0.15) is 0 Å². The summed E-state index contributed by atoms with van der Waals surface area (Å²) in [6.07, 6.45) is 3.37. The average Bonchev–Trinajstić information content (AvgIpc) is 2.97. The first-order valence-corrected chi connectivity index (χ1v) is 6.74. The Labute approximate surface area is 122 Å². The zero-order valence-electron chi connectivity index (χ0n) is 11.7. The monoisotopic (exact) mass is 274 g/mol. The first kappa shape index (κ1) is 11.9. The fraction of sp³-hybridized carbons (Fsp3) is 0.0588. The molecule has 4 rings (SSSR count). The number of nitrogens with zero attached hydrogens (tertiary/aromatic N) is 3. The second-order valence-electron chi connectivity index (χ2n) is 5.08. The van der Waals surface area contributed by atoms with Crippen LogP contribution in [0.3, 0.4) is 0 Å². The van der Waals surface area contributed by atoms with Crippen molar-refractivity contribution in [1.82, 2.24) is 9.55 Å². The summed E-state index contributed by atoms with van der Waals surface area (Å²) in [7, 11) is 2.03. The second kappa shape index (κ2) is 4.06. The summed E-state index contributed by atoms with van der Waals surface area (Å²) >= 11 is 0. The molecular formula is C17H14N4. The second-order valence-corrected chi connectivity index (χ2v) is 5.08. The summed E-state index contributed by atoms with van der Waals surface area (Å²) in [4.78, 5) is 8.82. The van der Waals surface area contributed by atoms with Gasteiger partial charge in [-0.3, -0.25) is 4.99 Å². The smallest absolute Gasteiger partial charge is 0.140 e. The molecule has 1 aliphatic heterocycles. The molecule has 0 saturated carbocycles. The lowest BCUT2D eigenvalue weighted by Gasteiger charge is -2.02. The minimum absolute atomic E-state index is 0.804. The highest BCUT2D eigenvalue weighted by Gasteiger charge is 2.25. The molecule has 102 valence electrons. The zero-order valence-corrected chi connectivity index (χ0v) is 11.7. The van der Waals surface area contributed by atoms with Crippen LogP contribution in [0, 0.1) is 0 Å². The summed E-state index contributed by atoms with van der Waals surface area (Å²) < 4.78 is 2.11. The van der Waals surface area contributed by atoms with Crippen molar-refractivity contribution in [1.29, 1.82) is 0 Å². The Morgan fingerprint density at radius 1 is 1.33 bits per heavy atom. The Kier molecular flexibility index (Phi) is 2.30. The van der Waals surface area contributed by atoms with Crippen LogP contribution >= 0.6 is 0 Å². The van der Waals surface area contributed by atoms with Crippen LogP contribution in [0.15, 0.2) is 60.5 Å². The van der Waals surface area contributed by atoms with Crippen LogP contribution in [-0.2, 0) is 7.05 Å². The van der Waals surface area contributed by atoms with E-state index in [0.717, 1.165) is 44.6 Å². The van der Waals surface area contributed by atoms with Crippen molar-refractivity contribution in [3.05, 3.63) is 61.1 Å². The third-order valence-corrected chi connectivity index (χ3v) is 3.96. The molecule has 0 fully saturated rings. The normalized spacial score (nSPS) is 15.7. The molecule has 3 aromatic rings. The zero-order chi connectivity index (χ0) is 14.6. The summed E-state index contributed by atoms with van der Waals surface area (Å²) in [6.45, 7) is 7.73. The van der Waals surface area contributed by atoms with E-state index in [1.807, 2.05) is 19.3 Å². The molecule has 0 unspecified atom stereocenters. The predicted octanol–water partition coefficient (Wildman–Crippen LogP) is 3.60. The lowest BCUT2D eigenvalue weighted by molar-refractivity contribution is 0.990. The maximum absolute atomic E-state index is 4.48. The molecule has 1 aromatic carbocycles. The van der Waals surface area contributed by atoms with E-state index in [1.165, 1.54) is 0 Å². The van der Waals surface area contributed by atoms with Gasteiger partial charge in [-0.15, -0.1) is 0 Å². The maximum atomic E-state index is 4.48. The van der Waals surface area contributed by atoms with Crippen molar-refractivity contribution in [2.45, 2.75) is 0 Å². The van der Waals surface area contributed by atoms with E-state index < -0.39 is 0 Å². The minimum atomic E-state index is 0.804. The molecule has 0 aliphatic carbocycles. The van der Waals surface area contributed by atoms with E-state index in [2.05, 4.69) is 51.2 Å². The largest absolute Gasteiger partial charge is 0.353 e. The molecule has 0 spiro atoms. The van der Waals surface area contributed by atoms with Gasteiger partial charge in [0.25, 0.3) is 0 Å². The molecule has 1 aliphatic rings. The molecule has 4 nitrogen and oxygen atoms in total. The number of benzene rings is 1. The number of aromatic nitrogens is 2. The molecule has 0 saturated heterocycles. The molecular weight excluding hydrogens is 260 g/mol. The van der Waals surface area contributed by atoms with Crippen molar-refractivity contribution >= 4 is 33.3 Å². The van der Waals surface area contributed by atoms with Gasteiger partial charge in [0.1, 0.15) is 5.65 Å². The van der Waals surface area contributed by atoms with E-state index in [1.54, 1.807) is 6.20 Å². The van der Waals surface area contributed by atoms with E-state index in [9.17, 15) is 0 Å². The number of aryl methyl sites for hydroxylation is 1. The van der Waals surface area contributed by atoms with Crippen LogP contribution in [0.5, 0.6) is 0 Å². The summed E-state index contributed by atoms with van der Waals surface area (Å²) in [5, 5.41) is 5.66. The highest BCUT2D eigenvalue weighted by molar-refractivity contribution is 6.28. The topological polar surface area (TPSA) is 42.2 Å². The van der Waals surface area contributed by atoms with Crippen LogP contribution in [0.4, 0.5) is 5.69 Å². The molecule has 4 heteroatoms. The number of fused-ring (bicyclic) bond motifs is 5. The quantitative estimate of drug-likeness (QED) is 0.736. The molecule has 0 radical (unpaired) electrons. The van der Waals surface area contributed by atoms with Crippen LogP contribution in [0.2, 0.25) is 0 Å². The Hall–Kier alpha value is -2.88. The van der Waals surface area contributed by atoms with Gasteiger partial charge in [0.2, 0.25) is 0 Å². The van der Waals surface area contributed by atoms with Gasteiger partial charge in [-0.25, -0.2) is 4.98 Å². The fourth-order valence-corrected chi connectivity index (χ4v) is 3.06. The van der Waals surface area contributed by atoms with E-state index >= 15 is 0 Å². The Morgan fingerprint density at radius 2 is 2.19 bits per heavy atom. The Balaban J connectivity index is 2.19. The highest BCUT2D eigenvalue weighted by atomic mass is 15.0. The van der Waals surface area contributed by atoms with Crippen molar-refractivity contribution in [3.63, 3.8) is 0 Å². The Bertz CT molecular complexity index is 960.